The van der Waals surface area contributed by atoms with Crippen molar-refractivity contribution in [1.29, 1.82) is 0 Å². The molecule has 1 saturated carbocycles. The van der Waals surface area contributed by atoms with Crippen LogP contribution in [-0.4, -0.2) is 30.0 Å². The first-order chi connectivity index (χ1) is 9.03. The van der Waals surface area contributed by atoms with Crippen LogP contribution in [0, 0.1) is 18.3 Å². The van der Waals surface area contributed by atoms with E-state index in [1.165, 1.54) is 31.4 Å². The summed E-state index contributed by atoms with van der Waals surface area (Å²) >= 11 is 1.74. The Morgan fingerprint density at radius 2 is 2.16 bits per heavy atom. The van der Waals surface area contributed by atoms with Gasteiger partial charge in [0.15, 0.2) is 0 Å². The number of nitrogens with zero attached hydrogens (tertiary/aromatic N) is 2. The average Bonchev–Trinajstić information content (AvgIpc) is 2.78. The van der Waals surface area contributed by atoms with Crippen LogP contribution >= 0.6 is 11.3 Å². The molecule has 4 heteroatoms. The lowest BCUT2D eigenvalue weighted by molar-refractivity contribution is 0.105. The second-order valence-corrected chi connectivity index (χ2v) is 7.48. The fraction of sp³-hybridized carbons (Fsp3) is 0.800. The molecule has 1 heterocycles. The summed E-state index contributed by atoms with van der Waals surface area (Å²) in [5, 5.41) is 3.33. The van der Waals surface area contributed by atoms with Crippen LogP contribution in [0.15, 0.2) is 5.38 Å². The summed E-state index contributed by atoms with van der Waals surface area (Å²) in [5.41, 5.74) is 7.62. The van der Waals surface area contributed by atoms with Crippen molar-refractivity contribution in [3.8, 4) is 0 Å². The van der Waals surface area contributed by atoms with E-state index in [2.05, 4.69) is 36.2 Å². The van der Waals surface area contributed by atoms with Gasteiger partial charge in [0, 0.05) is 18.5 Å². The number of thiazole rings is 1. The second kappa shape index (κ2) is 6.33. The molecule has 108 valence electrons. The van der Waals surface area contributed by atoms with Gasteiger partial charge in [-0.2, -0.15) is 0 Å². The first-order valence-corrected chi connectivity index (χ1v) is 8.20. The summed E-state index contributed by atoms with van der Waals surface area (Å²) in [6.45, 7) is 7.30. The minimum Gasteiger partial charge on any atom is -0.330 e. The molecule has 2 rings (SSSR count). The van der Waals surface area contributed by atoms with E-state index in [0.29, 0.717) is 5.41 Å². The lowest BCUT2D eigenvalue weighted by Crippen LogP contribution is -2.43. The van der Waals surface area contributed by atoms with E-state index in [-0.39, 0.29) is 0 Å². The van der Waals surface area contributed by atoms with Gasteiger partial charge in [0.05, 0.1) is 10.7 Å². The lowest BCUT2D eigenvalue weighted by atomic mass is 9.70. The standard InChI is InChI=1S/C15H27N3S/c1-12-4-6-15(10-16,7-5-12)11-18(3)8-14-9-19-13(2)17-14/h9,12H,4-8,10-11,16H2,1-3H3. The third-order valence-corrected chi connectivity index (χ3v) is 5.29. The summed E-state index contributed by atoms with van der Waals surface area (Å²) < 4.78 is 0. The molecule has 0 atom stereocenters. The highest BCUT2D eigenvalue weighted by Gasteiger charge is 2.33. The third-order valence-electron chi connectivity index (χ3n) is 4.47. The highest BCUT2D eigenvalue weighted by molar-refractivity contribution is 7.09. The van der Waals surface area contributed by atoms with Crippen molar-refractivity contribution in [2.45, 2.75) is 46.1 Å². The zero-order valence-corrected chi connectivity index (χ0v) is 13.3. The summed E-state index contributed by atoms with van der Waals surface area (Å²) in [5.74, 6) is 0.881. The van der Waals surface area contributed by atoms with Crippen LogP contribution < -0.4 is 5.73 Å². The van der Waals surface area contributed by atoms with Gasteiger partial charge in [0.1, 0.15) is 0 Å². The molecule has 0 aromatic carbocycles. The van der Waals surface area contributed by atoms with E-state index in [1.54, 1.807) is 11.3 Å². The predicted molar refractivity (Wildman–Crippen MR) is 82.3 cm³/mol. The predicted octanol–water partition coefficient (Wildman–Crippen LogP) is 3.04. The van der Waals surface area contributed by atoms with Crippen LogP contribution in [0.2, 0.25) is 0 Å². The number of hydrogen-bond acceptors (Lipinski definition) is 4. The zero-order chi connectivity index (χ0) is 13.9. The molecule has 1 fully saturated rings. The van der Waals surface area contributed by atoms with Crippen LogP contribution in [-0.2, 0) is 6.54 Å². The molecular weight excluding hydrogens is 254 g/mol. The number of aromatic nitrogens is 1. The monoisotopic (exact) mass is 281 g/mol. The van der Waals surface area contributed by atoms with Gasteiger partial charge in [0.2, 0.25) is 0 Å². The van der Waals surface area contributed by atoms with E-state index in [9.17, 15) is 0 Å². The molecule has 0 saturated heterocycles. The van der Waals surface area contributed by atoms with Gasteiger partial charge in [-0.25, -0.2) is 4.98 Å². The fourth-order valence-corrected chi connectivity index (χ4v) is 3.79. The Morgan fingerprint density at radius 1 is 1.47 bits per heavy atom. The first-order valence-electron chi connectivity index (χ1n) is 7.33. The summed E-state index contributed by atoms with van der Waals surface area (Å²) in [6.07, 6.45) is 5.23. The summed E-state index contributed by atoms with van der Waals surface area (Å²) in [4.78, 5) is 6.95. The van der Waals surface area contributed by atoms with Crippen molar-refractivity contribution < 1.29 is 0 Å². The van der Waals surface area contributed by atoms with E-state index < -0.39 is 0 Å². The first kappa shape index (κ1) is 14.9. The quantitative estimate of drug-likeness (QED) is 0.902. The maximum absolute atomic E-state index is 6.09. The highest BCUT2D eigenvalue weighted by Crippen LogP contribution is 2.38. The number of rotatable bonds is 5. The van der Waals surface area contributed by atoms with Crippen LogP contribution in [0.1, 0.15) is 43.3 Å². The molecule has 1 aliphatic rings. The molecular formula is C15H27N3S. The van der Waals surface area contributed by atoms with Gasteiger partial charge in [-0.3, -0.25) is 4.90 Å². The van der Waals surface area contributed by atoms with Gasteiger partial charge in [-0.15, -0.1) is 11.3 Å². The van der Waals surface area contributed by atoms with Gasteiger partial charge < -0.3 is 5.73 Å². The van der Waals surface area contributed by atoms with E-state index >= 15 is 0 Å². The summed E-state index contributed by atoms with van der Waals surface area (Å²) in [6, 6.07) is 0. The van der Waals surface area contributed by atoms with Crippen molar-refractivity contribution >= 4 is 11.3 Å². The third kappa shape index (κ3) is 4.01. The van der Waals surface area contributed by atoms with Crippen molar-refractivity contribution in [2.24, 2.45) is 17.1 Å². The highest BCUT2D eigenvalue weighted by atomic mass is 32.1. The Hall–Kier alpha value is -0.450. The lowest BCUT2D eigenvalue weighted by Gasteiger charge is -2.41. The molecule has 3 nitrogen and oxygen atoms in total. The molecule has 0 spiro atoms. The Balaban J connectivity index is 1.90. The van der Waals surface area contributed by atoms with Crippen LogP contribution in [0.25, 0.3) is 0 Å². The SMILES string of the molecule is Cc1nc(CN(C)CC2(CN)CCC(C)CC2)cs1. The minimum absolute atomic E-state index is 0.340. The fourth-order valence-electron chi connectivity index (χ4n) is 3.19. The van der Waals surface area contributed by atoms with Gasteiger partial charge >= 0.3 is 0 Å². The molecule has 1 aliphatic carbocycles. The smallest absolute Gasteiger partial charge is 0.0897 e. The van der Waals surface area contributed by atoms with Gasteiger partial charge in [-0.1, -0.05) is 19.8 Å². The average molecular weight is 281 g/mol. The second-order valence-electron chi connectivity index (χ2n) is 6.42. The van der Waals surface area contributed by atoms with Crippen molar-refractivity contribution in [3.63, 3.8) is 0 Å². The topological polar surface area (TPSA) is 42.2 Å². The zero-order valence-electron chi connectivity index (χ0n) is 12.5. The molecule has 2 N–H and O–H groups in total. The molecule has 0 unspecified atom stereocenters. The normalized spacial score (nSPS) is 27.9. The molecule has 1 aromatic rings. The van der Waals surface area contributed by atoms with E-state index in [0.717, 1.165) is 30.6 Å². The summed E-state index contributed by atoms with van der Waals surface area (Å²) in [7, 11) is 2.20. The minimum atomic E-state index is 0.340. The van der Waals surface area contributed by atoms with Crippen LogP contribution in [0.3, 0.4) is 0 Å². The Labute approximate surface area is 121 Å². The molecule has 0 amide bonds. The van der Waals surface area contributed by atoms with Crippen molar-refractivity contribution in [2.75, 3.05) is 20.1 Å². The number of nitrogens with two attached hydrogens (primary N) is 1. The van der Waals surface area contributed by atoms with E-state index in [4.69, 9.17) is 5.73 Å². The van der Waals surface area contributed by atoms with Crippen LogP contribution in [0.5, 0.6) is 0 Å². The molecule has 19 heavy (non-hydrogen) atoms. The number of hydrogen-bond donors (Lipinski definition) is 1. The van der Waals surface area contributed by atoms with Crippen molar-refractivity contribution in [1.82, 2.24) is 9.88 Å². The molecule has 0 bridgehead atoms. The molecule has 1 aromatic heterocycles. The van der Waals surface area contributed by atoms with Crippen molar-refractivity contribution in [3.05, 3.63) is 16.1 Å². The molecule has 0 aliphatic heterocycles. The maximum Gasteiger partial charge on any atom is 0.0897 e. The molecule has 0 radical (unpaired) electrons. The Morgan fingerprint density at radius 3 is 2.68 bits per heavy atom. The van der Waals surface area contributed by atoms with Crippen LogP contribution in [0.4, 0.5) is 0 Å². The van der Waals surface area contributed by atoms with Gasteiger partial charge in [-0.05, 0) is 44.7 Å². The Bertz CT molecular complexity index is 394. The maximum atomic E-state index is 6.09. The number of aryl methyl sites for hydroxylation is 1. The Kier molecular flexibility index (Phi) is 4.98. The van der Waals surface area contributed by atoms with Gasteiger partial charge in [0.25, 0.3) is 0 Å². The largest absolute Gasteiger partial charge is 0.330 e. The van der Waals surface area contributed by atoms with E-state index in [1.807, 2.05) is 0 Å².